The van der Waals surface area contributed by atoms with E-state index >= 15 is 0 Å². The summed E-state index contributed by atoms with van der Waals surface area (Å²) in [4.78, 5) is 19.9. The SMILES string of the molecule is C[C@@H](NC(=O)c1cccn1C)c1nc2ccccc2[nH]1. The zero-order valence-corrected chi connectivity index (χ0v) is 11.4. The van der Waals surface area contributed by atoms with Gasteiger partial charge in [0.05, 0.1) is 17.1 Å². The topological polar surface area (TPSA) is 62.7 Å². The van der Waals surface area contributed by atoms with Crippen LogP contribution in [0.2, 0.25) is 0 Å². The van der Waals surface area contributed by atoms with Crippen molar-refractivity contribution in [2.45, 2.75) is 13.0 Å². The number of amides is 1. The Kier molecular flexibility index (Phi) is 3.02. The number of nitrogens with one attached hydrogen (secondary N) is 2. The van der Waals surface area contributed by atoms with Crippen molar-refractivity contribution >= 4 is 16.9 Å². The Morgan fingerprint density at radius 2 is 2.10 bits per heavy atom. The van der Waals surface area contributed by atoms with Crippen molar-refractivity contribution in [3.63, 3.8) is 0 Å². The Hall–Kier alpha value is -2.56. The van der Waals surface area contributed by atoms with Crippen molar-refractivity contribution in [1.82, 2.24) is 19.9 Å². The summed E-state index contributed by atoms with van der Waals surface area (Å²) < 4.78 is 1.79. The molecule has 0 saturated heterocycles. The molecule has 0 unspecified atom stereocenters. The summed E-state index contributed by atoms with van der Waals surface area (Å²) >= 11 is 0. The van der Waals surface area contributed by atoms with Gasteiger partial charge in [0.1, 0.15) is 11.5 Å². The quantitative estimate of drug-likeness (QED) is 0.766. The third-order valence-electron chi connectivity index (χ3n) is 3.34. The molecule has 5 nitrogen and oxygen atoms in total. The summed E-state index contributed by atoms with van der Waals surface area (Å²) in [5.41, 5.74) is 2.51. The summed E-state index contributed by atoms with van der Waals surface area (Å²) in [6, 6.07) is 11.3. The number of aromatic amines is 1. The fourth-order valence-corrected chi connectivity index (χ4v) is 2.21. The van der Waals surface area contributed by atoms with Crippen LogP contribution in [0, 0.1) is 0 Å². The maximum absolute atomic E-state index is 12.2. The minimum absolute atomic E-state index is 0.106. The summed E-state index contributed by atoms with van der Waals surface area (Å²) in [6.45, 7) is 1.92. The maximum Gasteiger partial charge on any atom is 0.268 e. The number of carbonyl (C=O) groups is 1. The summed E-state index contributed by atoms with van der Waals surface area (Å²) in [7, 11) is 1.85. The van der Waals surface area contributed by atoms with E-state index in [2.05, 4.69) is 15.3 Å². The van der Waals surface area contributed by atoms with Crippen LogP contribution in [0.25, 0.3) is 11.0 Å². The van der Waals surface area contributed by atoms with E-state index in [9.17, 15) is 4.79 Å². The lowest BCUT2D eigenvalue weighted by Gasteiger charge is -2.11. The number of aromatic nitrogens is 3. The monoisotopic (exact) mass is 268 g/mol. The lowest BCUT2D eigenvalue weighted by Crippen LogP contribution is -2.28. The number of H-pyrrole nitrogens is 1. The fraction of sp³-hybridized carbons (Fsp3) is 0.200. The molecule has 0 fully saturated rings. The normalized spacial score (nSPS) is 12.5. The highest BCUT2D eigenvalue weighted by Crippen LogP contribution is 2.15. The predicted octanol–water partition coefficient (Wildman–Crippen LogP) is 2.39. The van der Waals surface area contributed by atoms with Crippen molar-refractivity contribution < 1.29 is 4.79 Å². The van der Waals surface area contributed by atoms with Crippen molar-refractivity contribution in [3.05, 3.63) is 54.1 Å². The maximum atomic E-state index is 12.2. The molecule has 0 radical (unpaired) electrons. The molecule has 0 aliphatic heterocycles. The molecular weight excluding hydrogens is 252 g/mol. The molecular formula is C15H16N4O. The number of para-hydroxylation sites is 2. The lowest BCUT2D eigenvalue weighted by atomic mass is 10.3. The van der Waals surface area contributed by atoms with Gasteiger partial charge in [0.2, 0.25) is 0 Å². The van der Waals surface area contributed by atoms with Crippen LogP contribution in [0.15, 0.2) is 42.6 Å². The van der Waals surface area contributed by atoms with E-state index < -0.39 is 0 Å². The van der Waals surface area contributed by atoms with E-state index in [4.69, 9.17) is 0 Å². The number of benzene rings is 1. The number of aryl methyl sites for hydroxylation is 1. The van der Waals surface area contributed by atoms with Crippen LogP contribution in [-0.2, 0) is 7.05 Å². The second-order valence-electron chi connectivity index (χ2n) is 4.84. The van der Waals surface area contributed by atoms with E-state index in [-0.39, 0.29) is 11.9 Å². The van der Waals surface area contributed by atoms with E-state index in [0.29, 0.717) is 5.69 Å². The molecule has 2 N–H and O–H groups in total. The second kappa shape index (κ2) is 4.85. The molecule has 20 heavy (non-hydrogen) atoms. The highest BCUT2D eigenvalue weighted by molar-refractivity contribution is 5.93. The number of hydrogen-bond acceptors (Lipinski definition) is 2. The predicted molar refractivity (Wildman–Crippen MR) is 77.4 cm³/mol. The van der Waals surface area contributed by atoms with E-state index in [1.54, 1.807) is 10.6 Å². The highest BCUT2D eigenvalue weighted by Gasteiger charge is 2.16. The van der Waals surface area contributed by atoms with Gasteiger partial charge in [0.15, 0.2) is 0 Å². The van der Waals surface area contributed by atoms with E-state index in [1.165, 1.54) is 0 Å². The third-order valence-corrected chi connectivity index (χ3v) is 3.34. The molecule has 3 rings (SSSR count). The second-order valence-corrected chi connectivity index (χ2v) is 4.84. The molecule has 0 aliphatic carbocycles. The Morgan fingerprint density at radius 3 is 2.80 bits per heavy atom. The molecule has 0 saturated carbocycles. The molecule has 1 amide bonds. The van der Waals surface area contributed by atoms with Gasteiger partial charge in [-0.1, -0.05) is 12.1 Å². The van der Waals surface area contributed by atoms with Crippen LogP contribution in [-0.4, -0.2) is 20.4 Å². The average Bonchev–Trinajstić information content (AvgIpc) is 3.04. The lowest BCUT2D eigenvalue weighted by molar-refractivity contribution is 0.0930. The van der Waals surface area contributed by atoms with Crippen molar-refractivity contribution in [2.24, 2.45) is 7.05 Å². The summed E-state index contributed by atoms with van der Waals surface area (Å²) in [5, 5.41) is 2.95. The Labute approximate surface area is 116 Å². The minimum atomic E-state index is -0.176. The summed E-state index contributed by atoms with van der Waals surface area (Å²) in [6.07, 6.45) is 1.85. The Balaban J connectivity index is 1.80. The van der Waals surface area contributed by atoms with Gasteiger partial charge in [-0.3, -0.25) is 4.79 Å². The van der Waals surface area contributed by atoms with Crippen molar-refractivity contribution in [2.75, 3.05) is 0 Å². The van der Waals surface area contributed by atoms with Crippen LogP contribution in [0.5, 0.6) is 0 Å². The Bertz CT molecular complexity index is 723. The molecule has 3 aromatic rings. The number of imidazole rings is 1. The van der Waals surface area contributed by atoms with E-state index in [1.807, 2.05) is 50.5 Å². The number of hydrogen-bond donors (Lipinski definition) is 2. The smallest absolute Gasteiger partial charge is 0.268 e. The molecule has 1 atom stereocenters. The molecule has 1 aromatic carbocycles. The first-order valence-electron chi connectivity index (χ1n) is 6.52. The fourth-order valence-electron chi connectivity index (χ4n) is 2.21. The summed E-state index contributed by atoms with van der Waals surface area (Å²) in [5.74, 6) is 0.652. The zero-order chi connectivity index (χ0) is 14.1. The van der Waals surface area contributed by atoms with E-state index in [0.717, 1.165) is 16.9 Å². The standard InChI is InChI=1S/C15H16N4O/c1-10(16-15(20)13-8-5-9-19(13)2)14-17-11-6-3-4-7-12(11)18-14/h3-10H,1-2H3,(H,16,20)(H,17,18)/t10-/m1/s1. The van der Waals surface area contributed by atoms with Gasteiger partial charge in [-0.05, 0) is 31.2 Å². The average molecular weight is 268 g/mol. The van der Waals surface area contributed by atoms with Gasteiger partial charge in [-0.25, -0.2) is 4.98 Å². The van der Waals surface area contributed by atoms with Crippen molar-refractivity contribution in [1.29, 1.82) is 0 Å². The largest absolute Gasteiger partial charge is 0.347 e. The van der Waals surface area contributed by atoms with Gasteiger partial charge >= 0.3 is 0 Å². The first kappa shape index (κ1) is 12.5. The molecule has 2 heterocycles. The third kappa shape index (κ3) is 2.18. The van der Waals surface area contributed by atoms with Crippen LogP contribution in [0.1, 0.15) is 29.3 Å². The zero-order valence-electron chi connectivity index (χ0n) is 11.4. The van der Waals surface area contributed by atoms with Gasteiger partial charge in [0, 0.05) is 13.2 Å². The first-order valence-corrected chi connectivity index (χ1v) is 6.52. The van der Waals surface area contributed by atoms with Gasteiger partial charge in [-0.2, -0.15) is 0 Å². The number of nitrogens with zero attached hydrogens (tertiary/aromatic N) is 2. The minimum Gasteiger partial charge on any atom is -0.347 e. The Morgan fingerprint density at radius 1 is 1.30 bits per heavy atom. The molecule has 0 aliphatic rings. The van der Waals surface area contributed by atoms with Gasteiger partial charge in [0.25, 0.3) is 5.91 Å². The van der Waals surface area contributed by atoms with Crippen LogP contribution >= 0.6 is 0 Å². The van der Waals surface area contributed by atoms with Crippen LogP contribution in [0.3, 0.4) is 0 Å². The number of carbonyl (C=O) groups excluding carboxylic acids is 1. The molecule has 2 aromatic heterocycles. The van der Waals surface area contributed by atoms with Gasteiger partial charge < -0.3 is 14.9 Å². The van der Waals surface area contributed by atoms with Gasteiger partial charge in [-0.15, -0.1) is 0 Å². The highest BCUT2D eigenvalue weighted by atomic mass is 16.2. The van der Waals surface area contributed by atoms with Crippen LogP contribution < -0.4 is 5.32 Å². The molecule has 0 bridgehead atoms. The molecule has 5 heteroatoms. The molecule has 0 spiro atoms. The van der Waals surface area contributed by atoms with Crippen molar-refractivity contribution in [3.8, 4) is 0 Å². The van der Waals surface area contributed by atoms with Crippen LogP contribution in [0.4, 0.5) is 0 Å². The number of rotatable bonds is 3. The number of fused-ring (bicyclic) bond motifs is 1. The molecule has 102 valence electrons. The first-order chi connectivity index (χ1) is 9.65.